The predicted molar refractivity (Wildman–Crippen MR) is 137 cm³/mol. The van der Waals surface area contributed by atoms with E-state index in [1.165, 1.54) is 4.90 Å². The molecule has 0 bridgehead atoms. The number of carbonyl (C=O) groups is 2. The average Bonchev–Trinajstić information content (AvgIpc) is 3.55. The lowest BCUT2D eigenvalue weighted by atomic mass is 10.1. The molecule has 0 aliphatic carbocycles. The van der Waals surface area contributed by atoms with E-state index in [0.29, 0.717) is 23.1 Å². The first-order valence-corrected chi connectivity index (χ1v) is 11.9. The Labute approximate surface area is 203 Å². The summed E-state index contributed by atoms with van der Waals surface area (Å²) in [6.07, 6.45) is 5.87. The Balaban J connectivity index is 1.43. The summed E-state index contributed by atoms with van der Waals surface area (Å²) >= 11 is 5.46. The third-order valence-corrected chi connectivity index (χ3v) is 6.45. The van der Waals surface area contributed by atoms with Gasteiger partial charge in [-0.15, -0.1) is 0 Å². The maximum atomic E-state index is 13.2. The van der Waals surface area contributed by atoms with Gasteiger partial charge in [0.1, 0.15) is 18.0 Å². The Bertz CT molecular complexity index is 1290. The number of aromatic nitrogens is 1. The second kappa shape index (κ2) is 9.30. The van der Waals surface area contributed by atoms with Crippen molar-refractivity contribution in [2.75, 3.05) is 24.6 Å². The molecule has 2 fully saturated rings. The van der Waals surface area contributed by atoms with E-state index in [-0.39, 0.29) is 18.4 Å². The van der Waals surface area contributed by atoms with Crippen LogP contribution in [0, 0.1) is 0 Å². The molecule has 3 aromatic rings. The van der Waals surface area contributed by atoms with Gasteiger partial charge in [-0.2, -0.15) is 0 Å². The van der Waals surface area contributed by atoms with Crippen molar-refractivity contribution in [2.24, 2.45) is 0 Å². The maximum absolute atomic E-state index is 13.2. The van der Waals surface area contributed by atoms with Crippen molar-refractivity contribution < 1.29 is 14.3 Å². The normalized spacial score (nSPS) is 17.1. The quantitative estimate of drug-likeness (QED) is 0.433. The van der Waals surface area contributed by atoms with Gasteiger partial charge in [-0.3, -0.25) is 14.5 Å². The molecule has 3 heterocycles. The topological polar surface area (TPSA) is 66.8 Å². The summed E-state index contributed by atoms with van der Waals surface area (Å²) in [5, 5.41) is 4.36. The van der Waals surface area contributed by atoms with Gasteiger partial charge in [-0.05, 0) is 68.4 Å². The van der Waals surface area contributed by atoms with Gasteiger partial charge in [0.15, 0.2) is 5.11 Å². The fourth-order valence-corrected chi connectivity index (χ4v) is 4.81. The predicted octanol–water partition coefficient (Wildman–Crippen LogP) is 3.92. The van der Waals surface area contributed by atoms with E-state index in [1.807, 2.05) is 77.2 Å². The van der Waals surface area contributed by atoms with Crippen molar-refractivity contribution in [3.63, 3.8) is 0 Å². The van der Waals surface area contributed by atoms with Gasteiger partial charge in [-0.25, -0.2) is 0 Å². The lowest BCUT2D eigenvalue weighted by Gasteiger charge is -2.15. The number of ether oxygens (including phenoxy) is 1. The van der Waals surface area contributed by atoms with E-state index in [2.05, 4.69) is 5.32 Å². The SMILES string of the molecule is CCOc1ccc(N2C(=O)/C(=C/c3cn(CC(=O)N4CCCC4)c4ccccc34)NC2=S)cc1. The first kappa shape index (κ1) is 22.2. The first-order chi connectivity index (χ1) is 16.5. The van der Waals surface area contributed by atoms with Crippen LogP contribution in [0.2, 0.25) is 0 Å². The Morgan fingerprint density at radius 2 is 1.85 bits per heavy atom. The lowest BCUT2D eigenvalue weighted by molar-refractivity contribution is -0.130. The number of amides is 2. The number of likely N-dealkylation sites (tertiary alicyclic amines) is 1. The Hall–Kier alpha value is -3.65. The van der Waals surface area contributed by atoms with Crippen LogP contribution in [0.3, 0.4) is 0 Å². The van der Waals surface area contributed by atoms with Gasteiger partial charge < -0.3 is 19.5 Å². The third kappa shape index (κ3) is 4.17. The average molecular weight is 475 g/mol. The Morgan fingerprint density at radius 3 is 2.59 bits per heavy atom. The molecule has 0 atom stereocenters. The number of benzene rings is 2. The molecule has 8 heteroatoms. The molecule has 1 N–H and O–H groups in total. The summed E-state index contributed by atoms with van der Waals surface area (Å²) in [5.74, 6) is 0.637. The number of thiocarbonyl (C=S) groups is 1. The molecule has 34 heavy (non-hydrogen) atoms. The molecule has 2 aromatic carbocycles. The third-order valence-electron chi connectivity index (χ3n) is 6.17. The van der Waals surface area contributed by atoms with E-state index in [0.717, 1.165) is 48.1 Å². The van der Waals surface area contributed by atoms with E-state index in [4.69, 9.17) is 17.0 Å². The molecule has 0 radical (unpaired) electrons. The van der Waals surface area contributed by atoms with Crippen molar-refractivity contribution in [2.45, 2.75) is 26.3 Å². The number of rotatable bonds is 6. The first-order valence-electron chi connectivity index (χ1n) is 11.5. The Kier molecular flexibility index (Phi) is 6.06. The smallest absolute Gasteiger partial charge is 0.281 e. The standard InChI is InChI=1S/C26H26N4O3S/c1-2-33-20-11-9-19(10-12-20)30-25(32)22(27-26(30)34)15-18-16-29(23-8-4-3-7-21(18)23)17-24(31)28-13-5-6-14-28/h3-4,7-12,15-16H,2,5-6,13-14,17H2,1H3,(H,27,34)/b22-15-. The Morgan fingerprint density at radius 1 is 1.12 bits per heavy atom. The van der Waals surface area contributed by atoms with Gasteiger partial charge in [0, 0.05) is 35.8 Å². The van der Waals surface area contributed by atoms with Gasteiger partial charge >= 0.3 is 0 Å². The lowest BCUT2D eigenvalue weighted by Crippen LogP contribution is -2.30. The summed E-state index contributed by atoms with van der Waals surface area (Å²) < 4.78 is 7.45. The van der Waals surface area contributed by atoms with Gasteiger partial charge in [-0.1, -0.05) is 18.2 Å². The summed E-state index contributed by atoms with van der Waals surface area (Å²) in [6, 6.07) is 15.2. The number of carbonyl (C=O) groups excluding carboxylic acids is 2. The summed E-state index contributed by atoms with van der Waals surface area (Å²) in [5.41, 5.74) is 2.89. The highest BCUT2D eigenvalue weighted by Gasteiger charge is 2.32. The van der Waals surface area contributed by atoms with Crippen LogP contribution in [-0.2, 0) is 16.1 Å². The van der Waals surface area contributed by atoms with Crippen molar-refractivity contribution >= 4 is 51.8 Å². The van der Waals surface area contributed by atoms with Crippen LogP contribution in [0.1, 0.15) is 25.3 Å². The minimum Gasteiger partial charge on any atom is -0.494 e. The summed E-state index contributed by atoms with van der Waals surface area (Å²) in [4.78, 5) is 29.4. The van der Waals surface area contributed by atoms with Crippen LogP contribution in [0.25, 0.3) is 17.0 Å². The monoisotopic (exact) mass is 474 g/mol. The van der Waals surface area contributed by atoms with E-state index in [1.54, 1.807) is 0 Å². The number of para-hydroxylation sites is 1. The molecular formula is C26H26N4O3S. The molecule has 1 aromatic heterocycles. The fraction of sp³-hybridized carbons (Fsp3) is 0.269. The van der Waals surface area contributed by atoms with Gasteiger partial charge in [0.05, 0.1) is 12.3 Å². The molecule has 2 aliphatic rings. The van der Waals surface area contributed by atoms with E-state index >= 15 is 0 Å². The highest BCUT2D eigenvalue weighted by atomic mass is 32.1. The summed E-state index contributed by atoms with van der Waals surface area (Å²) in [7, 11) is 0. The van der Waals surface area contributed by atoms with Crippen LogP contribution in [0.15, 0.2) is 60.4 Å². The molecule has 2 amide bonds. The minimum absolute atomic E-state index is 0.121. The maximum Gasteiger partial charge on any atom is 0.281 e. The molecule has 2 saturated heterocycles. The summed E-state index contributed by atoms with van der Waals surface area (Å²) in [6.45, 7) is 4.43. The van der Waals surface area contributed by atoms with Crippen LogP contribution in [0.5, 0.6) is 5.75 Å². The largest absolute Gasteiger partial charge is 0.494 e. The van der Waals surface area contributed by atoms with Crippen molar-refractivity contribution in [3.05, 3.63) is 66.0 Å². The number of nitrogens with one attached hydrogen (secondary N) is 1. The zero-order valence-corrected chi connectivity index (χ0v) is 19.8. The fourth-order valence-electron chi connectivity index (χ4n) is 4.52. The van der Waals surface area contributed by atoms with Crippen molar-refractivity contribution in [1.82, 2.24) is 14.8 Å². The molecule has 7 nitrogen and oxygen atoms in total. The molecule has 0 spiro atoms. The van der Waals surface area contributed by atoms with Crippen LogP contribution in [0.4, 0.5) is 5.69 Å². The molecule has 2 aliphatic heterocycles. The molecule has 0 saturated carbocycles. The van der Waals surface area contributed by atoms with Crippen molar-refractivity contribution in [1.29, 1.82) is 0 Å². The molecule has 0 unspecified atom stereocenters. The number of nitrogens with zero attached hydrogens (tertiary/aromatic N) is 3. The van der Waals surface area contributed by atoms with Crippen LogP contribution < -0.4 is 15.0 Å². The van der Waals surface area contributed by atoms with Gasteiger partial charge in [0.2, 0.25) is 5.91 Å². The van der Waals surface area contributed by atoms with Gasteiger partial charge in [0.25, 0.3) is 5.91 Å². The van der Waals surface area contributed by atoms with Crippen LogP contribution >= 0.6 is 12.2 Å². The number of fused-ring (bicyclic) bond motifs is 1. The number of anilines is 1. The second-order valence-electron chi connectivity index (χ2n) is 8.37. The zero-order valence-electron chi connectivity index (χ0n) is 19.0. The highest BCUT2D eigenvalue weighted by Crippen LogP contribution is 2.28. The molecule has 174 valence electrons. The highest BCUT2D eigenvalue weighted by molar-refractivity contribution is 7.80. The van der Waals surface area contributed by atoms with Crippen LogP contribution in [-0.4, -0.2) is 46.1 Å². The molecular weight excluding hydrogens is 448 g/mol. The van der Waals surface area contributed by atoms with E-state index in [9.17, 15) is 9.59 Å². The number of hydrogen-bond donors (Lipinski definition) is 1. The number of hydrogen-bond acceptors (Lipinski definition) is 4. The minimum atomic E-state index is -0.223. The molecule has 5 rings (SSSR count). The zero-order chi connectivity index (χ0) is 23.7. The van der Waals surface area contributed by atoms with E-state index < -0.39 is 0 Å². The second-order valence-corrected chi connectivity index (χ2v) is 8.76. The van der Waals surface area contributed by atoms with Crippen molar-refractivity contribution in [3.8, 4) is 5.75 Å².